The van der Waals surface area contributed by atoms with Crippen LogP contribution in [0.15, 0.2) is 152 Å². The molecule has 51 heavy (non-hydrogen) atoms. The van der Waals surface area contributed by atoms with E-state index in [1.54, 1.807) is 14.2 Å². The Balaban J connectivity index is 0.00000111. The van der Waals surface area contributed by atoms with Crippen LogP contribution in [-0.2, 0) is 61.3 Å². The summed E-state index contributed by atoms with van der Waals surface area (Å²) in [5, 5.41) is 0. The topological polar surface area (TPSA) is 55.4 Å². The summed E-state index contributed by atoms with van der Waals surface area (Å²) < 4.78 is 37.9. The highest BCUT2D eigenvalue weighted by molar-refractivity contribution is 5.19. The summed E-state index contributed by atoms with van der Waals surface area (Å²) in [6, 6.07) is 51.4. The van der Waals surface area contributed by atoms with E-state index in [1.165, 1.54) is 5.56 Å². The lowest BCUT2D eigenvalue weighted by molar-refractivity contribution is -0.272. The van der Waals surface area contributed by atoms with E-state index < -0.39 is 18.3 Å². The maximum atomic E-state index is 6.96. The molecule has 6 rings (SSSR count). The highest BCUT2D eigenvalue weighted by Gasteiger charge is 2.48. The van der Waals surface area contributed by atoms with Crippen molar-refractivity contribution in [3.63, 3.8) is 0 Å². The monoisotopic (exact) mass is 690 g/mol. The molecule has 5 aromatic carbocycles. The molecule has 0 N–H and O–H groups in total. The predicted octanol–water partition coefficient (Wildman–Crippen LogP) is 9.26. The van der Waals surface area contributed by atoms with E-state index in [4.69, 9.17) is 23.7 Å². The summed E-state index contributed by atoms with van der Waals surface area (Å²) in [6.45, 7) is 6.13. The average molecular weight is 691 g/mol. The fraction of sp³-hybridized carbons (Fsp3) is 0.333. The van der Waals surface area contributed by atoms with Crippen molar-refractivity contribution in [1.82, 2.24) is 0 Å². The molecule has 0 amide bonds. The lowest BCUT2D eigenvalue weighted by Crippen LogP contribution is -2.61. The van der Waals surface area contributed by atoms with Crippen molar-refractivity contribution in [2.24, 2.45) is 0 Å². The van der Waals surface area contributed by atoms with Gasteiger partial charge in [0.2, 0.25) is 0 Å². The Hall–Kier alpha value is -4.14. The van der Waals surface area contributed by atoms with E-state index in [0.717, 1.165) is 22.3 Å². The first-order chi connectivity index (χ1) is 25.2. The maximum absolute atomic E-state index is 6.96. The quantitative estimate of drug-likeness (QED) is 0.109. The van der Waals surface area contributed by atoms with Gasteiger partial charge in [-0.2, -0.15) is 0 Å². The predicted molar refractivity (Wildman–Crippen MR) is 204 cm³/mol. The molecular weight excluding hydrogens is 636 g/mol. The third-order valence-corrected chi connectivity index (χ3v) is 8.26. The minimum Gasteiger partial charge on any atom is -0.388 e. The molecule has 1 fully saturated rings. The van der Waals surface area contributed by atoms with Crippen LogP contribution < -0.4 is 0 Å². The van der Waals surface area contributed by atoms with E-state index in [0.29, 0.717) is 39.5 Å². The molecule has 0 radical (unpaired) electrons. The van der Waals surface area contributed by atoms with Gasteiger partial charge in [-0.1, -0.05) is 166 Å². The zero-order chi connectivity index (χ0) is 35.9. The molecule has 0 bridgehead atoms. The minimum atomic E-state index is -0.438. The standard InChI is InChI=1S/C41H42O5.C2H6O.C2H6/c1-6-16-32(17-7-1)26-37-39(43-28-34-20-10-3-11-21-34)41(45-30-36-24-14-5-15-25-36)40(44-29-35-22-12-4-13-23-35)38(46-37)31-42-27-33-18-8-2-9-19-33;1-3-2;1-2/h1-25,37-41H,26-31H2;1-2H3;1-2H3/t37-,38+,39-,40+,41+;;/m0../s1. The Kier molecular flexibility index (Phi) is 18.2. The summed E-state index contributed by atoms with van der Waals surface area (Å²) >= 11 is 0. The van der Waals surface area contributed by atoms with Crippen molar-refractivity contribution in [2.75, 3.05) is 20.8 Å². The van der Waals surface area contributed by atoms with Gasteiger partial charge in [0.15, 0.2) is 0 Å². The normalized spacial score (nSPS) is 19.6. The maximum Gasteiger partial charge on any atom is 0.115 e. The van der Waals surface area contributed by atoms with Gasteiger partial charge in [-0.25, -0.2) is 0 Å². The number of ether oxygens (including phenoxy) is 6. The van der Waals surface area contributed by atoms with Gasteiger partial charge in [0.1, 0.15) is 24.4 Å². The Bertz CT molecular complexity index is 1550. The highest BCUT2D eigenvalue weighted by Crippen LogP contribution is 2.32. The van der Waals surface area contributed by atoms with Crippen LogP contribution in [0.1, 0.15) is 41.7 Å². The van der Waals surface area contributed by atoms with Crippen LogP contribution in [0.4, 0.5) is 0 Å². The molecule has 270 valence electrons. The third kappa shape index (κ3) is 13.5. The van der Waals surface area contributed by atoms with Gasteiger partial charge in [0.25, 0.3) is 0 Å². The van der Waals surface area contributed by atoms with Crippen LogP contribution in [-0.4, -0.2) is 51.3 Å². The first-order valence-corrected chi connectivity index (χ1v) is 17.9. The molecule has 1 saturated heterocycles. The van der Waals surface area contributed by atoms with Gasteiger partial charge in [0.05, 0.1) is 39.1 Å². The van der Waals surface area contributed by atoms with E-state index in [9.17, 15) is 0 Å². The molecule has 0 spiro atoms. The van der Waals surface area contributed by atoms with Gasteiger partial charge in [-0.15, -0.1) is 0 Å². The van der Waals surface area contributed by atoms with Crippen LogP contribution >= 0.6 is 0 Å². The molecule has 1 heterocycles. The number of hydrogen-bond acceptors (Lipinski definition) is 6. The minimum absolute atomic E-state index is 0.284. The molecule has 6 nitrogen and oxygen atoms in total. The zero-order valence-corrected chi connectivity index (χ0v) is 30.5. The smallest absolute Gasteiger partial charge is 0.115 e. The molecule has 5 aromatic rings. The Morgan fingerprint density at radius 1 is 0.412 bits per heavy atom. The van der Waals surface area contributed by atoms with Crippen LogP contribution in [0.25, 0.3) is 0 Å². The average Bonchev–Trinajstić information content (AvgIpc) is 3.19. The molecule has 0 saturated carbocycles. The molecule has 0 aromatic heterocycles. The van der Waals surface area contributed by atoms with Gasteiger partial charge in [0, 0.05) is 20.6 Å². The van der Waals surface area contributed by atoms with Gasteiger partial charge in [-0.3, -0.25) is 0 Å². The number of rotatable bonds is 15. The van der Waals surface area contributed by atoms with Crippen LogP contribution in [0, 0.1) is 0 Å². The summed E-state index contributed by atoms with van der Waals surface area (Å²) in [7, 11) is 3.25. The molecule has 0 aliphatic carbocycles. The van der Waals surface area contributed by atoms with Crippen molar-refractivity contribution in [2.45, 2.75) is 77.2 Å². The van der Waals surface area contributed by atoms with E-state index in [2.05, 4.69) is 77.5 Å². The second kappa shape index (κ2) is 23.4. The van der Waals surface area contributed by atoms with E-state index in [-0.39, 0.29) is 12.2 Å². The number of hydrogen-bond donors (Lipinski definition) is 0. The molecule has 6 heteroatoms. The molecule has 5 atom stereocenters. The Morgan fingerprint density at radius 2 is 0.725 bits per heavy atom. The van der Waals surface area contributed by atoms with Crippen molar-refractivity contribution in [1.29, 1.82) is 0 Å². The van der Waals surface area contributed by atoms with Crippen LogP contribution in [0.2, 0.25) is 0 Å². The van der Waals surface area contributed by atoms with Crippen LogP contribution in [0.5, 0.6) is 0 Å². The van der Waals surface area contributed by atoms with Crippen molar-refractivity contribution < 1.29 is 28.4 Å². The zero-order valence-electron chi connectivity index (χ0n) is 30.5. The Labute approximate surface area is 305 Å². The lowest BCUT2D eigenvalue weighted by Gasteiger charge is -2.46. The molecule has 1 aliphatic heterocycles. The first-order valence-electron chi connectivity index (χ1n) is 17.9. The summed E-state index contributed by atoms with van der Waals surface area (Å²) in [5.41, 5.74) is 5.56. The van der Waals surface area contributed by atoms with Gasteiger partial charge in [-0.05, 0) is 27.8 Å². The molecular formula is C45H54O6. The number of benzene rings is 5. The molecule has 0 unspecified atom stereocenters. The first kappa shape index (κ1) is 39.6. The largest absolute Gasteiger partial charge is 0.388 e. The van der Waals surface area contributed by atoms with Crippen LogP contribution in [0.3, 0.4) is 0 Å². The second-order valence-corrected chi connectivity index (χ2v) is 12.1. The van der Waals surface area contributed by atoms with Gasteiger partial charge >= 0.3 is 0 Å². The highest BCUT2D eigenvalue weighted by atomic mass is 16.6. The summed E-state index contributed by atoms with van der Waals surface area (Å²) in [4.78, 5) is 0. The Morgan fingerprint density at radius 3 is 1.12 bits per heavy atom. The fourth-order valence-electron chi connectivity index (χ4n) is 5.90. The van der Waals surface area contributed by atoms with Crippen molar-refractivity contribution >= 4 is 0 Å². The third-order valence-electron chi connectivity index (χ3n) is 8.26. The second-order valence-electron chi connectivity index (χ2n) is 12.1. The summed E-state index contributed by atoms with van der Waals surface area (Å²) in [5.74, 6) is 0. The summed E-state index contributed by atoms with van der Waals surface area (Å²) in [6.07, 6.45) is -1.23. The van der Waals surface area contributed by atoms with E-state index >= 15 is 0 Å². The lowest BCUT2D eigenvalue weighted by atomic mass is 9.90. The fourth-order valence-corrected chi connectivity index (χ4v) is 5.90. The van der Waals surface area contributed by atoms with Crippen molar-refractivity contribution in [3.8, 4) is 0 Å². The van der Waals surface area contributed by atoms with Crippen molar-refractivity contribution in [3.05, 3.63) is 179 Å². The van der Waals surface area contributed by atoms with Gasteiger partial charge < -0.3 is 28.4 Å². The number of methoxy groups -OCH3 is 1. The van der Waals surface area contributed by atoms with E-state index in [1.807, 2.05) is 92.7 Å². The SMILES string of the molecule is CC.COC.c1ccc(COC[C@H]2O[C@@H](Cc3ccccc3)[C@H](OCc3ccccc3)[C@@H](OCc3ccccc3)[C@@H]2OCc2ccccc2)cc1. The molecule has 1 aliphatic rings.